The summed E-state index contributed by atoms with van der Waals surface area (Å²) < 4.78 is 13.1. The largest absolute Gasteiger partial charge is 0.376 e. The van der Waals surface area contributed by atoms with Crippen LogP contribution in [0.5, 0.6) is 0 Å². The van der Waals surface area contributed by atoms with Gasteiger partial charge in [-0.15, -0.1) is 0 Å². The van der Waals surface area contributed by atoms with E-state index in [1.165, 1.54) is 18.2 Å². The summed E-state index contributed by atoms with van der Waals surface area (Å²) in [6, 6.07) is 10.7. The summed E-state index contributed by atoms with van der Waals surface area (Å²) in [5.41, 5.74) is 1.30. The first kappa shape index (κ1) is 19.7. The molecule has 0 radical (unpaired) electrons. The van der Waals surface area contributed by atoms with Crippen molar-refractivity contribution in [3.05, 3.63) is 58.9 Å². The molecule has 2 aromatic rings. The van der Waals surface area contributed by atoms with Gasteiger partial charge in [-0.2, -0.15) is 0 Å². The van der Waals surface area contributed by atoms with E-state index >= 15 is 0 Å². The van der Waals surface area contributed by atoms with Crippen LogP contribution in [0.1, 0.15) is 31.1 Å². The number of carbonyl (C=O) groups excluding carboxylic acids is 2. The molecular weight excluding hydrogens is 357 g/mol. The van der Waals surface area contributed by atoms with Crippen LogP contribution in [0.4, 0.5) is 15.8 Å². The summed E-state index contributed by atoms with van der Waals surface area (Å²) in [4.78, 5) is 24.0. The van der Waals surface area contributed by atoms with Crippen LogP contribution in [0, 0.1) is 5.82 Å². The summed E-state index contributed by atoms with van der Waals surface area (Å²) in [6.45, 7) is 5.70. The molecule has 0 atom stereocenters. The minimum absolute atomic E-state index is 0.00573. The smallest absolute Gasteiger partial charge is 0.251 e. The Morgan fingerprint density at radius 3 is 2.23 bits per heavy atom. The van der Waals surface area contributed by atoms with Gasteiger partial charge in [-0.05, 0) is 63.2 Å². The van der Waals surface area contributed by atoms with Crippen LogP contribution in [-0.2, 0) is 4.79 Å². The van der Waals surface area contributed by atoms with Gasteiger partial charge in [0.1, 0.15) is 5.82 Å². The minimum Gasteiger partial charge on any atom is -0.376 e. The van der Waals surface area contributed by atoms with Crippen molar-refractivity contribution in [2.24, 2.45) is 0 Å². The fraction of sp³-hybridized carbons (Fsp3) is 0.263. The SMILES string of the molecule is CC(C)(C)NC(=O)c1ccc(NC(=O)CNc2ccc(F)c(Cl)c2)cc1. The van der Waals surface area contributed by atoms with E-state index in [1.807, 2.05) is 20.8 Å². The van der Waals surface area contributed by atoms with Crippen LogP contribution in [0.25, 0.3) is 0 Å². The monoisotopic (exact) mass is 377 g/mol. The second-order valence-corrected chi connectivity index (χ2v) is 7.22. The van der Waals surface area contributed by atoms with Gasteiger partial charge >= 0.3 is 0 Å². The molecule has 0 saturated heterocycles. The number of rotatable bonds is 5. The fourth-order valence-corrected chi connectivity index (χ4v) is 2.29. The topological polar surface area (TPSA) is 70.2 Å². The van der Waals surface area contributed by atoms with E-state index in [0.717, 1.165) is 0 Å². The van der Waals surface area contributed by atoms with Crippen molar-refractivity contribution in [2.75, 3.05) is 17.2 Å². The first-order chi connectivity index (χ1) is 12.1. The van der Waals surface area contributed by atoms with Crippen LogP contribution < -0.4 is 16.0 Å². The third kappa shape index (κ3) is 6.04. The predicted molar refractivity (Wildman–Crippen MR) is 102 cm³/mol. The lowest BCUT2D eigenvalue weighted by molar-refractivity contribution is -0.114. The molecule has 0 aliphatic heterocycles. The summed E-state index contributed by atoms with van der Waals surface area (Å²) in [5, 5.41) is 8.43. The molecule has 0 aliphatic carbocycles. The summed E-state index contributed by atoms with van der Waals surface area (Å²) in [5.74, 6) is -0.972. The maximum absolute atomic E-state index is 13.1. The Labute approximate surface area is 156 Å². The standard InChI is InChI=1S/C19H21ClFN3O2/c1-19(2,3)24-18(26)12-4-6-13(7-5-12)23-17(25)11-22-14-8-9-16(21)15(20)10-14/h4-10,22H,11H2,1-3H3,(H,23,25)(H,24,26). The van der Waals surface area contributed by atoms with Crippen molar-refractivity contribution in [1.29, 1.82) is 0 Å². The van der Waals surface area contributed by atoms with Crippen molar-refractivity contribution in [3.63, 3.8) is 0 Å². The Morgan fingerprint density at radius 1 is 1.04 bits per heavy atom. The zero-order chi connectivity index (χ0) is 19.3. The van der Waals surface area contributed by atoms with E-state index < -0.39 is 5.82 Å². The zero-order valence-corrected chi connectivity index (χ0v) is 15.6. The van der Waals surface area contributed by atoms with Crippen LogP contribution in [0.3, 0.4) is 0 Å². The lowest BCUT2D eigenvalue weighted by atomic mass is 10.1. The quantitative estimate of drug-likeness (QED) is 0.736. The second-order valence-electron chi connectivity index (χ2n) is 6.81. The van der Waals surface area contributed by atoms with E-state index in [1.54, 1.807) is 24.3 Å². The van der Waals surface area contributed by atoms with Crippen molar-refractivity contribution < 1.29 is 14.0 Å². The first-order valence-electron chi connectivity index (χ1n) is 8.05. The average Bonchev–Trinajstić information content (AvgIpc) is 2.55. The molecule has 0 fully saturated rings. The van der Waals surface area contributed by atoms with Gasteiger partial charge in [0.15, 0.2) is 0 Å². The highest BCUT2D eigenvalue weighted by molar-refractivity contribution is 6.31. The Bertz CT molecular complexity index is 801. The van der Waals surface area contributed by atoms with Crippen molar-refractivity contribution in [1.82, 2.24) is 5.32 Å². The average molecular weight is 378 g/mol. The molecule has 2 aromatic carbocycles. The van der Waals surface area contributed by atoms with Gasteiger partial charge in [0.05, 0.1) is 11.6 Å². The molecule has 7 heteroatoms. The second kappa shape index (κ2) is 8.19. The van der Waals surface area contributed by atoms with E-state index in [0.29, 0.717) is 16.9 Å². The van der Waals surface area contributed by atoms with Crippen LogP contribution in [0.2, 0.25) is 5.02 Å². The number of hydrogen-bond donors (Lipinski definition) is 3. The zero-order valence-electron chi connectivity index (χ0n) is 14.8. The maximum Gasteiger partial charge on any atom is 0.251 e. The molecule has 0 bridgehead atoms. The van der Waals surface area contributed by atoms with Gasteiger partial charge in [-0.25, -0.2) is 4.39 Å². The van der Waals surface area contributed by atoms with Gasteiger partial charge in [0, 0.05) is 22.5 Å². The summed E-state index contributed by atoms with van der Waals surface area (Å²) in [6.07, 6.45) is 0. The Hall–Kier alpha value is -2.60. The van der Waals surface area contributed by atoms with Gasteiger partial charge in [-0.3, -0.25) is 9.59 Å². The van der Waals surface area contributed by atoms with E-state index in [4.69, 9.17) is 11.6 Å². The summed E-state index contributed by atoms with van der Waals surface area (Å²) >= 11 is 5.69. The Morgan fingerprint density at radius 2 is 1.65 bits per heavy atom. The van der Waals surface area contributed by atoms with Crippen LogP contribution in [-0.4, -0.2) is 23.9 Å². The molecule has 2 amide bonds. The molecule has 2 rings (SSSR count). The number of amides is 2. The Kier molecular flexibility index (Phi) is 6.21. The molecule has 0 heterocycles. The lowest BCUT2D eigenvalue weighted by Crippen LogP contribution is -2.40. The molecule has 5 nitrogen and oxygen atoms in total. The number of anilines is 2. The molecular formula is C19H21ClFN3O2. The molecule has 3 N–H and O–H groups in total. The number of nitrogens with one attached hydrogen (secondary N) is 3. The van der Waals surface area contributed by atoms with E-state index in [-0.39, 0.29) is 28.9 Å². The third-order valence-electron chi connectivity index (χ3n) is 3.29. The third-order valence-corrected chi connectivity index (χ3v) is 3.58. The Balaban J connectivity index is 1.88. The molecule has 0 aliphatic rings. The normalized spacial score (nSPS) is 11.0. The summed E-state index contributed by atoms with van der Waals surface area (Å²) in [7, 11) is 0. The van der Waals surface area contributed by atoms with Crippen molar-refractivity contribution in [2.45, 2.75) is 26.3 Å². The predicted octanol–water partition coefficient (Wildman–Crippen LogP) is 4.06. The molecule has 26 heavy (non-hydrogen) atoms. The molecule has 0 unspecified atom stereocenters. The molecule has 138 valence electrons. The number of carbonyl (C=O) groups is 2. The van der Waals surface area contributed by atoms with Crippen LogP contribution >= 0.6 is 11.6 Å². The highest BCUT2D eigenvalue weighted by Gasteiger charge is 2.15. The number of halogens is 2. The van der Waals surface area contributed by atoms with E-state index in [2.05, 4.69) is 16.0 Å². The van der Waals surface area contributed by atoms with Gasteiger partial charge < -0.3 is 16.0 Å². The van der Waals surface area contributed by atoms with Crippen molar-refractivity contribution in [3.8, 4) is 0 Å². The highest BCUT2D eigenvalue weighted by Crippen LogP contribution is 2.19. The molecule has 0 aromatic heterocycles. The van der Waals surface area contributed by atoms with Crippen LogP contribution in [0.15, 0.2) is 42.5 Å². The van der Waals surface area contributed by atoms with Gasteiger partial charge in [0.25, 0.3) is 5.91 Å². The fourth-order valence-electron chi connectivity index (χ4n) is 2.11. The highest BCUT2D eigenvalue weighted by atomic mass is 35.5. The molecule has 0 saturated carbocycles. The maximum atomic E-state index is 13.1. The first-order valence-corrected chi connectivity index (χ1v) is 8.43. The van der Waals surface area contributed by atoms with Gasteiger partial charge in [-0.1, -0.05) is 11.6 Å². The lowest BCUT2D eigenvalue weighted by Gasteiger charge is -2.20. The van der Waals surface area contributed by atoms with Gasteiger partial charge in [0.2, 0.25) is 5.91 Å². The minimum atomic E-state index is -0.516. The van der Waals surface area contributed by atoms with E-state index in [9.17, 15) is 14.0 Å². The number of benzene rings is 2. The van der Waals surface area contributed by atoms with Crippen molar-refractivity contribution >= 4 is 34.8 Å². The number of hydrogen-bond acceptors (Lipinski definition) is 3. The molecule has 0 spiro atoms.